The first-order valence-corrected chi connectivity index (χ1v) is 3.24. The van der Waals surface area contributed by atoms with Crippen LogP contribution in [-0.4, -0.2) is 21.9 Å². The summed E-state index contributed by atoms with van der Waals surface area (Å²) in [6, 6.07) is 0. The maximum absolute atomic E-state index is 8.89. The van der Waals surface area contributed by atoms with Crippen LogP contribution in [0.5, 0.6) is 0 Å². The van der Waals surface area contributed by atoms with Crippen molar-refractivity contribution in [3.05, 3.63) is 18.7 Å². The Morgan fingerprint density at radius 3 is 1.64 bits per heavy atom. The summed E-state index contributed by atoms with van der Waals surface area (Å²) in [5, 5.41) is 17.8. The van der Waals surface area contributed by atoms with Gasteiger partial charge in [0, 0.05) is 24.3 Å². The molecule has 0 fully saturated rings. The number of aliphatic carboxylic acids is 2. The van der Waals surface area contributed by atoms with Crippen molar-refractivity contribution < 1.29 is 36.9 Å². The Labute approximate surface area is 91.8 Å². The molecule has 0 aromatic carbocycles. The fraction of sp³-hybridized carbons (Fsp3) is 0.286. The van der Waals surface area contributed by atoms with Crippen LogP contribution < -0.4 is 10.2 Å². The SMILES string of the molecule is CC(=O)[O-].CC(=O)[O-].[Fe+2].c1c[nH]cn1. The molecule has 0 aliphatic rings. The van der Waals surface area contributed by atoms with Crippen molar-refractivity contribution in [1.82, 2.24) is 9.97 Å². The zero-order valence-corrected chi connectivity index (χ0v) is 8.77. The number of carbonyl (C=O) groups is 2. The molecule has 7 heteroatoms. The Bertz CT molecular complexity index is 188. The Morgan fingerprint density at radius 2 is 1.57 bits per heavy atom. The number of imidazole rings is 1. The van der Waals surface area contributed by atoms with Crippen LogP contribution in [0.4, 0.5) is 0 Å². The molecule has 0 atom stereocenters. The number of aromatic amines is 1. The molecule has 1 heterocycles. The van der Waals surface area contributed by atoms with Crippen LogP contribution in [0.1, 0.15) is 13.8 Å². The Morgan fingerprint density at radius 1 is 1.21 bits per heavy atom. The molecule has 6 nitrogen and oxygen atoms in total. The summed E-state index contributed by atoms with van der Waals surface area (Å²) in [7, 11) is 0. The number of hydrogen-bond donors (Lipinski definition) is 1. The number of aromatic nitrogens is 2. The smallest absolute Gasteiger partial charge is 0.550 e. The molecule has 80 valence electrons. The number of H-pyrrole nitrogens is 1. The van der Waals surface area contributed by atoms with E-state index < -0.39 is 11.9 Å². The van der Waals surface area contributed by atoms with Crippen LogP contribution in [0.15, 0.2) is 18.7 Å². The minimum absolute atomic E-state index is 0. The number of carbonyl (C=O) groups excluding carboxylic acids is 2. The number of nitrogens with one attached hydrogen (secondary N) is 1. The molecule has 0 saturated carbocycles. The van der Waals surface area contributed by atoms with Crippen LogP contribution in [-0.2, 0) is 26.7 Å². The van der Waals surface area contributed by atoms with Crippen molar-refractivity contribution in [2.24, 2.45) is 0 Å². The number of carboxylic acids is 2. The summed E-state index contributed by atoms with van der Waals surface area (Å²) >= 11 is 0. The number of rotatable bonds is 0. The van der Waals surface area contributed by atoms with Gasteiger partial charge in [0.15, 0.2) is 0 Å². The molecule has 0 saturated heterocycles. The van der Waals surface area contributed by atoms with Gasteiger partial charge >= 0.3 is 17.1 Å². The summed E-state index contributed by atoms with van der Waals surface area (Å²) in [6.07, 6.45) is 5.08. The van der Waals surface area contributed by atoms with Crippen molar-refractivity contribution >= 4 is 11.9 Å². The topological polar surface area (TPSA) is 109 Å². The van der Waals surface area contributed by atoms with E-state index >= 15 is 0 Å². The quantitative estimate of drug-likeness (QED) is 0.525. The molecule has 1 N–H and O–H groups in total. The van der Waals surface area contributed by atoms with E-state index in [-0.39, 0.29) is 17.1 Å². The molecule has 0 aliphatic carbocycles. The second kappa shape index (κ2) is 14.2. The third kappa shape index (κ3) is 74.1. The zero-order chi connectivity index (χ0) is 10.7. The van der Waals surface area contributed by atoms with Crippen molar-refractivity contribution in [1.29, 1.82) is 0 Å². The Hall–Kier alpha value is -1.33. The van der Waals surface area contributed by atoms with Crippen LogP contribution >= 0.6 is 0 Å². The molecule has 0 aliphatic heterocycles. The van der Waals surface area contributed by atoms with Gasteiger partial charge < -0.3 is 24.8 Å². The van der Waals surface area contributed by atoms with E-state index in [2.05, 4.69) is 9.97 Å². The molecule has 1 rings (SSSR count). The third-order valence-corrected chi connectivity index (χ3v) is 0.406. The fourth-order valence-corrected chi connectivity index (χ4v) is 0.215. The summed E-state index contributed by atoms with van der Waals surface area (Å²) in [6.45, 7) is 1.94. The van der Waals surface area contributed by atoms with E-state index in [1.807, 2.05) is 0 Å². The Kier molecular flexibility index (Phi) is 18.7. The second-order valence-corrected chi connectivity index (χ2v) is 1.74. The van der Waals surface area contributed by atoms with Gasteiger partial charge in [0.2, 0.25) is 0 Å². The maximum atomic E-state index is 8.89. The molecule has 0 unspecified atom stereocenters. The van der Waals surface area contributed by atoms with Crippen LogP contribution in [0.3, 0.4) is 0 Å². The number of carboxylic acid groups (broad SMARTS) is 2. The molecule has 0 spiro atoms. The average Bonchev–Trinajstić information content (AvgIpc) is 2.35. The van der Waals surface area contributed by atoms with Gasteiger partial charge in [-0.3, -0.25) is 0 Å². The molecular formula is C7H10FeN2O4. The summed E-state index contributed by atoms with van der Waals surface area (Å²) < 4.78 is 0. The first kappa shape index (κ1) is 18.5. The zero-order valence-electron chi connectivity index (χ0n) is 7.67. The van der Waals surface area contributed by atoms with Crippen molar-refractivity contribution in [3.63, 3.8) is 0 Å². The average molecular weight is 242 g/mol. The third-order valence-electron chi connectivity index (χ3n) is 0.406. The van der Waals surface area contributed by atoms with E-state index in [0.717, 1.165) is 13.8 Å². The normalized spacial score (nSPS) is 6.43. The minimum atomic E-state index is -1.08. The van der Waals surface area contributed by atoms with Gasteiger partial charge in [0.05, 0.1) is 6.33 Å². The van der Waals surface area contributed by atoms with Crippen molar-refractivity contribution in [2.45, 2.75) is 13.8 Å². The van der Waals surface area contributed by atoms with E-state index in [0.29, 0.717) is 0 Å². The van der Waals surface area contributed by atoms with Crippen molar-refractivity contribution in [3.8, 4) is 0 Å². The fourth-order valence-electron chi connectivity index (χ4n) is 0.215. The van der Waals surface area contributed by atoms with Gasteiger partial charge in [0.25, 0.3) is 0 Å². The van der Waals surface area contributed by atoms with Crippen LogP contribution in [0.25, 0.3) is 0 Å². The largest absolute Gasteiger partial charge is 2.00 e. The molecular weight excluding hydrogens is 232 g/mol. The second-order valence-electron chi connectivity index (χ2n) is 1.74. The standard InChI is InChI=1S/C3H4N2.2C2H4O2.Fe/c1-2-5-3-4-1;2*1-2(3)4;/h1-3H,(H,4,5);2*1H3,(H,3,4);/q;;;+2/p-2. The summed E-state index contributed by atoms with van der Waals surface area (Å²) in [5.74, 6) is -2.17. The summed E-state index contributed by atoms with van der Waals surface area (Å²) in [5.41, 5.74) is 0. The molecule has 1 aromatic rings. The van der Waals surface area contributed by atoms with E-state index in [1.54, 1.807) is 18.7 Å². The number of hydrogen-bond acceptors (Lipinski definition) is 5. The van der Waals surface area contributed by atoms with Gasteiger partial charge in [-0.05, 0) is 13.8 Å². The van der Waals surface area contributed by atoms with Gasteiger partial charge in [0.1, 0.15) is 0 Å². The van der Waals surface area contributed by atoms with Crippen molar-refractivity contribution in [2.75, 3.05) is 0 Å². The molecule has 0 amide bonds. The molecule has 0 radical (unpaired) electrons. The molecule has 1 aromatic heterocycles. The predicted octanol–water partition coefficient (Wildman–Crippen LogP) is -2.08. The van der Waals surface area contributed by atoms with E-state index in [9.17, 15) is 0 Å². The minimum Gasteiger partial charge on any atom is -0.550 e. The van der Waals surface area contributed by atoms with Gasteiger partial charge in [-0.2, -0.15) is 0 Å². The van der Waals surface area contributed by atoms with Gasteiger partial charge in [-0.15, -0.1) is 0 Å². The molecule has 0 bridgehead atoms. The van der Waals surface area contributed by atoms with E-state index in [1.165, 1.54) is 0 Å². The van der Waals surface area contributed by atoms with Crippen LogP contribution in [0, 0.1) is 0 Å². The number of nitrogens with zero attached hydrogens (tertiary/aromatic N) is 1. The van der Waals surface area contributed by atoms with Crippen LogP contribution in [0.2, 0.25) is 0 Å². The summed E-state index contributed by atoms with van der Waals surface area (Å²) in [4.78, 5) is 24.2. The monoisotopic (exact) mass is 242 g/mol. The predicted molar refractivity (Wildman–Crippen MR) is 39.9 cm³/mol. The Balaban J connectivity index is -0.000000127. The maximum Gasteiger partial charge on any atom is 2.00 e. The van der Waals surface area contributed by atoms with E-state index in [4.69, 9.17) is 19.8 Å². The first-order valence-electron chi connectivity index (χ1n) is 3.24. The van der Waals surface area contributed by atoms with Gasteiger partial charge in [-0.25, -0.2) is 4.98 Å². The first-order chi connectivity index (χ1) is 5.96. The molecule has 14 heavy (non-hydrogen) atoms. The van der Waals surface area contributed by atoms with Gasteiger partial charge in [-0.1, -0.05) is 0 Å².